The molecule has 1 aliphatic carbocycles. The zero-order chi connectivity index (χ0) is 13.2. The van der Waals surface area contributed by atoms with E-state index in [0.29, 0.717) is 13.1 Å². The summed E-state index contributed by atoms with van der Waals surface area (Å²) >= 11 is 0. The van der Waals surface area contributed by atoms with Crippen LogP contribution in [0.4, 0.5) is 0 Å². The maximum atomic E-state index is 11.4. The largest absolute Gasteiger partial charge is 0.480 e. The van der Waals surface area contributed by atoms with E-state index in [0.717, 1.165) is 24.9 Å². The third kappa shape index (κ3) is 3.04. The summed E-state index contributed by atoms with van der Waals surface area (Å²) in [6.07, 6.45) is 5.39. The Kier molecular flexibility index (Phi) is 4.28. The normalized spacial score (nSPS) is 31.9. The van der Waals surface area contributed by atoms with Gasteiger partial charge < -0.3 is 15.3 Å². The smallest absolute Gasteiger partial charge is 0.324 e. The lowest BCUT2D eigenvalue weighted by Gasteiger charge is -2.44. The molecule has 1 heterocycles. The van der Waals surface area contributed by atoms with E-state index < -0.39 is 11.5 Å². The maximum absolute atomic E-state index is 11.4. The highest BCUT2D eigenvalue weighted by atomic mass is 16.4. The third-order valence-electron chi connectivity index (χ3n) is 4.50. The number of hydrogen-bond donors (Lipinski definition) is 2. The maximum Gasteiger partial charge on any atom is 0.324 e. The van der Waals surface area contributed by atoms with Crippen molar-refractivity contribution < 1.29 is 9.90 Å². The van der Waals surface area contributed by atoms with Crippen molar-refractivity contribution in [3.8, 4) is 0 Å². The van der Waals surface area contributed by atoms with E-state index in [1.54, 1.807) is 0 Å². The van der Waals surface area contributed by atoms with Gasteiger partial charge >= 0.3 is 5.97 Å². The fourth-order valence-corrected chi connectivity index (χ4v) is 3.70. The first kappa shape index (κ1) is 13.8. The van der Waals surface area contributed by atoms with Gasteiger partial charge in [0.1, 0.15) is 5.54 Å². The minimum Gasteiger partial charge on any atom is -0.480 e. The number of carboxylic acids is 1. The summed E-state index contributed by atoms with van der Waals surface area (Å²) in [5, 5.41) is 12.5. The number of nitrogens with zero attached hydrogens (tertiary/aromatic N) is 1. The molecule has 1 aliphatic heterocycles. The van der Waals surface area contributed by atoms with Crippen molar-refractivity contribution in [2.45, 2.75) is 45.1 Å². The number of carboxylic acid groups (broad SMARTS) is 1. The molecule has 0 aromatic heterocycles. The SMILES string of the molecule is CCNC(C)(CN1CC2CCCC(C2)C1)C(=O)O. The van der Waals surface area contributed by atoms with Crippen LogP contribution in [-0.2, 0) is 4.79 Å². The fraction of sp³-hybridized carbons (Fsp3) is 0.929. The van der Waals surface area contributed by atoms with E-state index in [1.165, 1.54) is 25.7 Å². The number of hydrogen-bond acceptors (Lipinski definition) is 3. The van der Waals surface area contributed by atoms with Crippen LogP contribution in [0, 0.1) is 11.8 Å². The van der Waals surface area contributed by atoms with Crippen molar-refractivity contribution in [2.24, 2.45) is 11.8 Å². The second-order valence-electron chi connectivity index (χ2n) is 6.26. The van der Waals surface area contributed by atoms with E-state index >= 15 is 0 Å². The van der Waals surface area contributed by atoms with Crippen molar-refractivity contribution in [1.29, 1.82) is 0 Å². The Labute approximate surface area is 110 Å². The van der Waals surface area contributed by atoms with E-state index in [9.17, 15) is 9.90 Å². The molecule has 4 heteroatoms. The molecular weight excluding hydrogens is 228 g/mol. The highest BCUT2D eigenvalue weighted by Gasteiger charge is 2.38. The summed E-state index contributed by atoms with van der Waals surface area (Å²) in [5.41, 5.74) is -0.805. The minimum atomic E-state index is -0.805. The van der Waals surface area contributed by atoms with Crippen LogP contribution < -0.4 is 5.32 Å². The average Bonchev–Trinajstić information content (AvgIpc) is 2.28. The van der Waals surface area contributed by atoms with E-state index in [2.05, 4.69) is 10.2 Å². The molecule has 104 valence electrons. The Morgan fingerprint density at radius 2 is 2.00 bits per heavy atom. The standard InChI is InChI=1S/C14H26N2O2/c1-3-15-14(2,13(17)18)10-16-8-11-5-4-6-12(7-11)9-16/h11-12,15H,3-10H2,1-2H3,(H,17,18). The number of carbonyl (C=O) groups is 1. The molecule has 2 bridgehead atoms. The van der Waals surface area contributed by atoms with E-state index in [1.807, 2.05) is 13.8 Å². The predicted molar refractivity (Wildman–Crippen MR) is 71.6 cm³/mol. The molecule has 1 saturated carbocycles. The Bertz CT molecular complexity index is 296. The van der Waals surface area contributed by atoms with Crippen LogP contribution in [0.5, 0.6) is 0 Å². The first-order chi connectivity index (χ1) is 8.53. The molecule has 4 nitrogen and oxygen atoms in total. The van der Waals surface area contributed by atoms with Crippen molar-refractivity contribution >= 4 is 5.97 Å². The molecule has 2 N–H and O–H groups in total. The second-order valence-corrected chi connectivity index (χ2v) is 6.26. The van der Waals surface area contributed by atoms with Crippen LogP contribution in [0.1, 0.15) is 39.5 Å². The molecule has 2 aliphatic rings. The summed E-state index contributed by atoms with van der Waals surface area (Å²) in [6.45, 7) is 7.28. The Balaban J connectivity index is 1.97. The molecule has 3 unspecified atom stereocenters. The summed E-state index contributed by atoms with van der Waals surface area (Å²) in [7, 11) is 0. The lowest BCUT2D eigenvalue weighted by atomic mass is 9.77. The number of piperidine rings is 1. The molecule has 18 heavy (non-hydrogen) atoms. The topological polar surface area (TPSA) is 52.6 Å². The highest BCUT2D eigenvalue weighted by Crippen LogP contribution is 2.34. The molecule has 3 atom stereocenters. The van der Waals surface area contributed by atoms with Crippen molar-refractivity contribution in [3.63, 3.8) is 0 Å². The fourth-order valence-electron chi connectivity index (χ4n) is 3.70. The lowest BCUT2D eigenvalue weighted by molar-refractivity contribution is -0.145. The zero-order valence-electron chi connectivity index (χ0n) is 11.6. The first-order valence-corrected chi connectivity index (χ1v) is 7.24. The number of likely N-dealkylation sites (tertiary alicyclic amines) is 1. The molecule has 0 spiro atoms. The van der Waals surface area contributed by atoms with Crippen molar-refractivity contribution in [1.82, 2.24) is 10.2 Å². The van der Waals surface area contributed by atoms with Crippen molar-refractivity contribution in [3.05, 3.63) is 0 Å². The molecular formula is C14H26N2O2. The summed E-state index contributed by atoms with van der Waals surface area (Å²) in [6, 6.07) is 0. The number of rotatable bonds is 5. The molecule has 0 aromatic carbocycles. The van der Waals surface area contributed by atoms with Gasteiger partial charge in [-0.05, 0) is 44.6 Å². The summed E-state index contributed by atoms with van der Waals surface area (Å²) < 4.78 is 0. The number of fused-ring (bicyclic) bond motifs is 2. The van der Waals surface area contributed by atoms with Gasteiger partial charge in [-0.15, -0.1) is 0 Å². The Hall–Kier alpha value is -0.610. The van der Waals surface area contributed by atoms with Gasteiger partial charge in [0.25, 0.3) is 0 Å². The molecule has 0 amide bonds. The highest BCUT2D eigenvalue weighted by molar-refractivity contribution is 5.78. The number of likely N-dealkylation sites (N-methyl/N-ethyl adjacent to an activating group) is 1. The summed E-state index contributed by atoms with van der Waals surface area (Å²) in [4.78, 5) is 13.8. The van der Waals surface area contributed by atoms with Crippen LogP contribution >= 0.6 is 0 Å². The minimum absolute atomic E-state index is 0.628. The van der Waals surface area contributed by atoms with Gasteiger partial charge in [0, 0.05) is 19.6 Å². The monoisotopic (exact) mass is 254 g/mol. The van der Waals surface area contributed by atoms with Crippen LogP contribution in [0.2, 0.25) is 0 Å². The Morgan fingerprint density at radius 3 is 2.50 bits per heavy atom. The van der Waals surface area contributed by atoms with Gasteiger partial charge in [-0.25, -0.2) is 0 Å². The van der Waals surface area contributed by atoms with Crippen molar-refractivity contribution in [2.75, 3.05) is 26.2 Å². The third-order valence-corrected chi connectivity index (χ3v) is 4.50. The second kappa shape index (κ2) is 5.57. The quantitative estimate of drug-likeness (QED) is 0.782. The van der Waals surface area contributed by atoms with Gasteiger partial charge in [0.15, 0.2) is 0 Å². The van der Waals surface area contributed by atoms with Crippen LogP contribution in [0.3, 0.4) is 0 Å². The number of nitrogens with one attached hydrogen (secondary N) is 1. The average molecular weight is 254 g/mol. The van der Waals surface area contributed by atoms with Crippen LogP contribution in [0.15, 0.2) is 0 Å². The first-order valence-electron chi connectivity index (χ1n) is 7.24. The van der Waals surface area contributed by atoms with E-state index in [4.69, 9.17) is 0 Å². The molecule has 0 aromatic rings. The van der Waals surface area contributed by atoms with Gasteiger partial charge in [-0.1, -0.05) is 13.3 Å². The lowest BCUT2D eigenvalue weighted by Crippen LogP contribution is -2.59. The molecule has 1 saturated heterocycles. The van der Waals surface area contributed by atoms with Gasteiger partial charge in [-0.2, -0.15) is 0 Å². The van der Waals surface area contributed by atoms with Gasteiger partial charge in [0.05, 0.1) is 0 Å². The predicted octanol–water partition coefficient (Wildman–Crippen LogP) is 1.56. The molecule has 2 fully saturated rings. The van der Waals surface area contributed by atoms with Gasteiger partial charge in [0.2, 0.25) is 0 Å². The zero-order valence-corrected chi connectivity index (χ0v) is 11.6. The van der Waals surface area contributed by atoms with E-state index in [-0.39, 0.29) is 0 Å². The molecule has 0 radical (unpaired) electrons. The molecule has 2 rings (SSSR count). The summed E-state index contributed by atoms with van der Waals surface area (Å²) in [5.74, 6) is 0.870. The Morgan fingerprint density at radius 1 is 1.39 bits per heavy atom. The van der Waals surface area contributed by atoms with Gasteiger partial charge in [-0.3, -0.25) is 4.79 Å². The van der Waals surface area contributed by atoms with Crippen LogP contribution in [-0.4, -0.2) is 47.7 Å². The van der Waals surface area contributed by atoms with Crippen LogP contribution in [0.25, 0.3) is 0 Å². The number of aliphatic carboxylic acids is 1.